The third-order valence-electron chi connectivity index (χ3n) is 5.63. The monoisotopic (exact) mass is 430 g/mol. The lowest BCUT2D eigenvalue weighted by molar-refractivity contribution is -0.165. The molecule has 0 N–H and O–H groups in total. The van der Waals surface area contributed by atoms with Gasteiger partial charge in [0.1, 0.15) is 0 Å². The number of amides is 2. The topological polar surface area (TPSA) is 75.6 Å². The van der Waals surface area contributed by atoms with Gasteiger partial charge in [0.2, 0.25) is 0 Å². The molecule has 32 heavy (non-hydrogen) atoms. The number of aromatic nitrogens is 2. The Morgan fingerprint density at radius 1 is 1.00 bits per heavy atom. The van der Waals surface area contributed by atoms with E-state index in [-0.39, 0.29) is 18.4 Å². The second-order valence-corrected chi connectivity index (χ2v) is 8.12. The molecule has 0 radical (unpaired) electrons. The minimum absolute atomic E-state index is 0.126. The van der Waals surface area contributed by atoms with Crippen molar-refractivity contribution in [3.8, 4) is 11.1 Å². The fourth-order valence-electron chi connectivity index (χ4n) is 4.03. The second kappa shape index (κ2) is 9.28. The number of likely N-dealkylation sites (N-methyl/N-ethyl adjacent to an activating group) is 1. The summed E-state index contributed by atoms with van der Waals surface area (Å²) >= 11 is 0. The van der Waals surface area contributed by atoms with E-state index in [2.05, 4.69) is 9.97 Å². The number of carbonyl (C=O) groups is 2. The van der Waals surface area contributed by atoms with Crippen LogP contribution in [0.2, 0.25) is 0 Å². The Morgan fingerprint density at radius 2 is 1.75 bits per heavy atom. The number of carbonyl (C=O) groups excluding carboxylic acids is 2. The van der Waals surface area contributed by atoms with E-state index in [1.54, 1.807) is 49.7 Å². The zero-order chi connectivity index (χ0) is 22.6. The van der Waals surface area contributed by atoms with Gasteiger partial charge in [-0.15, -0.1) is 0 Å². The van der Waals surface area contributed by atoms with Crippen LogP contribution in [-0.4, -0.2) is 71.0 Å². The maximum atomic E-state index is 13.3. The Balaban J connectivity index is 1.59. The van der Waals surface area contributed by atoms with Gasteiger partial charge in [-0.05, 0) is 34.9 Å². The third-order valence-corrected chi connectivity index (χ3v) is 5.63. The highest BCUT2D eigenvalue weighted by Gasteiger charge is 2.46. The van der Waals surface area contributed by atoms with E-state index in [4.69, 9.17) is 4.74 Å². The summed E-state index contributed by atoms with van der Waals surface area (Å²) in [5.74, 6) is -0.278. The second-order valence-electron chi connectivity index (χ2n) is 8.12. The summed E-state index contributed by atoms with van der Waals surface area (Å²) < 4.78 is 6.12. The molecular weight excluding hydrogens is 404 g/mol. The first kappa shape index (κ1) is 21.6. The Morgan fingerprint density at radius 3 is 2.41 bits per heavy atom. The van der Waals surface area contributed by atoms with E-state index in [0.29, 0.717) is 25.1 Å². The van der Waals surface area contributed by atoms with Gasteiger partial charge in [-0.2, -0.15) is 0 Å². The number of morpholine rings is 1. The molecule has 1 saturated heterocycles. The van der Waals surface area contributed by atoms with Crippen molar-refractivity contribution >= 4 is 11.8 Å². The van der Waals surface area contributed by atoms with Crippen molar-refractivity contribution in [1.29, 1.82) is 0 Å². The smallest absolute Gasteiger partial charge is 0.256 e. The highest BCUT2D eigenvalue weighted by Crippen LogP contribution is 2.28. The number of ether oxygens (including phenoxy) is 1. The highest BCUT2D eigenvalue weighted by atomic mass is 16.5. The predicted octanol–water partition coefficient (Wildman–Crippen LogP) is 2.69. The van der Waals surface area contributed by atoms with Gasteiger partial charge < -0.3 is 14.5 Å². The number of nitrogens with zero attached hydrogens (tertiary/aromatic N) is 4. The van der Waals surface area contributed by atoms with Crippen LogP contribution in [0.1, 0.15) is 15.9 Å². The van der Waals surface area contributed by atoms with E-state index in [9.17, 15) is 9.59 Å². The van der Waals surface area contributed by atoms with Gasteiger partial charge in [-0.25, -0.2) is 0 Å². The van der Waals surface area contributed by atoms with Gasteiger partial charge in [0.25, 0.3) is 11.8 Å². The van der Waals surface area contributed by atoms with Crippen LogP contribution in [0.5, 0.6) is 0 Å². The van der Waals surface area contributed by atoms with E-state index in [0.717, 1.165) is 16.7 Å². The number of hydrogen-bond donors (Lipinski definition) is 0. The Hall–Kier alpha value is -3.58. The zero-order valence-corrected chi connectivity index (χ0v) is 18.3. The molecule has 1 aromatic carbocycles. The average Bonchev–Trinajstić information content (AvgIpc) is 2.84. The zero-order valence-electron chi connectivity index (χ0n) is 18.3. The molecule has 1 fully saturated rings. The lowest BCUT2D eigenvalue weighted by Crippen LogP contribution is -2.61. The summed E-state index contributed by atoms with van der Waals surface area (Å²) in [5.41, 5.74) is 2.45. The molecule has 3 aromatic rings. The van der Waals surface area contributed by atoms with Crippen molar-refractivity contribution in [2.24, 2.45) is 0 Å². The molecule has 2 aromatic heterocycles. The molecule has 7 heteroatoms. The molecular formula is C25H26N4O3. The lowest BCUT2D eigenvalue weighted by Gasteiger charge is -2.43. The van der Waals surface area contributed by atoms with Gasteiger partial charge in [0.15, 0.2) is 5.60 Å². The summed E-state index contributed by atoms with van der Waals surface area (Å²) in [5, 5.41) is 0. The number of benzene rings is 1. The standard InChI is InChI=1S/C25H26N4O3/c1-28(2)24(31)25(16-19-5-7-20(8-6-19)22-4-3-11-27-17-22)18-29(14-15-32-25)23(30)21-9-12-26-13-10-21/h3-13,17H,14-16,18H2,1-2H3. The Bertz CT molecular complexity index is 1070. The van der Waals surface area contributed by atoms with Crippen molar-refractivity contribution in [1.82, 2.24) is 19.8 Å². The van der Waals surface area contributed by atoms with Gasteiger partial charge in [-0.1, -0.05) is 30.3 Å². The van der Waals surface area contributed by atoms with Gasteiger partial charge in [0.05, 0.1) is 13.2 Å². The molecule has 1 aliphatic heterocycles. The molecule has 1 atom stereocenters. The molecule has 2 amide bonds. The van der Waals surface area contributed by atoms with Gasteiger partial charge in [0, 0.05) is 57.4 Å². The molecule has 0 spiro atoms. The van der Waals surface area contributed by atoms with Crippen molar-refractivity contribution in [3.63, 3.8) is 0 Å². The number of hydrogen-bond acceptors (Lipinski definition) is 5. The van der Waals surface area contributed by atoms with Crippen molar-refractivity contribution < 1.29 is 14.3 Å². The summed E-state index contributed by atoms with van der Waals surface area (Å²) in [6.45, 7) is 0.920. The molecule has 7 nitrogen and oxygen atoms in total. The molecule has 0 saturated carbocycles. The Kier molecular flexibility index (Phi) is 6.28. The first-order valence-corrected chi connectivity index (χ1v) is 10.5. The Labute approximate surface area is 187 Å². The minimum atomic E-state index is -1.14. The quantitative estimate of drug-likeness (QED) is 0.622. The molecule has 0 bridgehead atoms. The summed E-state index contributed by atoms with van der Waals surface area (Å²) in [6.07, 6.45) is 7.12. The molecule has 0 aliphatic carbocycles. The van der Waals surface area contributed by atoms with Crippen molar-refractivity contribution in [3.05, 3.63) is 84.4 Å². The maximum absolute atomic E-state index is 13.3. The molecule has 3 heterocycles. The molecule has 164 valence electrons. The van der Waals surface area contributed by atoms with Crippen LogP contribution in [0.3, 0.4) is 0 Å². The van der Waals surface area contributed by atoms with Crippen LogP contribution in [0.4, 0.5) is 0 Å². The van der Waals surface area contributed by atoms with Crippen LogP contribution in [0, 0.1) is 0 Å². The first-order chi connectivity index (χ1) is 15.5. The van der Waals surface area contributed by atoms with E-state index in [1.165, 1.54) is 4.90 Å². The fourth-order valence-corrected chi connectivity index (χ4v) is 4.03. The van der Waals surface area contributed by atoms with Crippen LogP contribution in [0.25, 0.3) is 11.1 Å². The van der Waals surface area contributed by atoms with E-state index >= 15 is 0 Å². The SMILES string of the molecule is CN(C)C(=O)C1(Cc2ccc(-c3cccnc3)cc2)CN(C(=O)c2ccncc2)CCO1. The van der Waals surface area contributed by atoms with Gasteiger partial charge >= 0.3 is 0 Å². The number of rotatable bonds is 5. The molecule has 1 aliphatic rings. The minimum Gasteiger partial charge on any atom is -0.361 e. The molecule has 1 unspecified atom stereocenters. The summed E-state index contributed by atoms with van der Waals surface area (Å²) in [6, 6.07) is 15.3. The summed E-state index contributed by atoms with van der Waals surface area (Å²) in [7, 11) is 3.42. The summed E-state index contributed by atoms with van der Waals surface area (Å²) in [4.78, 5) is 37.7. The van der Waals surface area contributed by atoms with Crippen molar-refractivity contribution in [2.75, 3.05) is 33.8 Å². The van der Waals surface area contributed by atoms with E-state index in [1.807, 2.05) is 42.6 Å². The van der Waals surface area contributed by atoms with Crippen LogP contribution in [-0.2, 0) is 16.0 Å². The lowest BCUT2D eigenvalue weighted by atomic mass is 9.90. The normalized spacial score (nSPS) is 18.2. The predicted molar refractivity (Wildman–Crippen MR) is 121 cm³/mol. The van der Waals surface area contributed by atoms with Crippen LogP contribution < -0.4 is 0 Å². The third kappa shape index (κ3) is 4.53. The highest BCUT2D eigenvalue weighted by molar-refractivity contribution is 5.95. The van der Waals surface area contributed by atoms with Crippen molar-refractivity contribution in [2.45, 2.75) is 12.0 Å². The first-order valence-electron chi connectivity index (χ1n) is 10.5. The average molecular weight is 431 g/mol. The fraction of sp³-hybridized carbons (Fsp3) is 0.280. The maximum Gasteiger partial charge on any atom is 0.256 e. The molecule has 4 rings (SSSR count). The van der Waals surface area contributed by atoms with Gasteiger partial charge in [-0.3, -0.25) is 19.6 Å². The van der Waals surface area contributed by atoms with Crippen LogP contribution >= 0.6 is 0 Å². The number of pyridine rings is 2. The van der Waals surface area contributed by atoms with Crippen LogP contribution in [0.15, 0.2) is 73.3 Å². The van der Waals surface area contributed by atoms with E-state index < -0.39 is 5.60 Å². The largest absolute Gasteiger partial charge is 0.361 e.